The first kappa shape index (κ1) is 22.7. The summed E-state index contributed by atoms with van der Waals surface area (Å²) in [6, 6.07) is 12.4. The van der Waals surface area contributed by atoms with E-state index in [0.29, 0.717) is 24.7 Å². The second-order valence-corrected chi connectivity index (χ2v) is 6.35. The Morgan fingerprint density at radius 2 is 1.43 bits per heavy atom. The van der Waals surface area contributed by atoms with E-state index in [2.05, 4.69) is 6.58 Å². The Hall–Kier alpha value is -3.61. The van der Waals surface area contributed by atoms with Crippen LogP contribution in [0, 0.1) is 0 Å². The summed E-state index contributed by atoms with van der Waals surface area (Å²) in [6.45, 7) is 4.27. The Kier molecular flexibility index (Phi) is 9.12. The monoisotopic (exact) mass is 412 g/mol. The number of benzene rings is 2. The highest BCUT2D eigenvalue weighted by molar-refractivity contribution is 6.03. The van der Waals surface area contributed by atoms with Gasteiger partial charge >= 0.3 is 17.9 Å². The third-order valence-electron chi connectivity index (χ3n) is 4.13. The van der Waals surface area contributed by atoms with Gasteiger partial charge in [0.1, 0.15) is 11.5 Å². The fourth-order valence-corrected chi connectivity index (χ4v) is 2.59. The second kappa shape index (κ2) is 12.1. The smallest absolute Gasteiger partial charge is 0.344 e. The van der Waals surface area contributed by atoms with Crippen LogP contribution in [0.5, 0.6) is 11.5 Å². The SMILES string of the molecule is C=CC(=O)OCCCCCCOc1ccc(OC(=O)c2ccccc2C(=O)O)cc1. The number of carbonyl (C=O) groups excluding carboxylic acids is 2. The van der Waals surface area contributed by atoms with Crippen LogP contribution in [-0.2, 0) is 9.53 Å². The summed E-state index contributed by atoms with van der Waals surface area (Å²) in [7, 11) is 0. The van der Waals surface area contributed by atoms with Gasteiger partial charge in [0, 0.05) is 6.08 Å². The predicted molar refractivity (Wildman–Crippen MR) is 110 cm³/mol. The lowest BCUT2D eigenvalue weighted by Gasteiger charge is -2.09. The third kappa shape index (κ3) is 7.43. The molecule has 7 heteroatoms. The Morgan fingerprint density at radius 3 is 2.07 bits per heavy atom. The van der Waals surface area contributed by atoms with E-state index in [1.807, 2.05) is 0 Å². The summed E-state index contributed by atoms with van der Waals surface area (Å²) in [4.78, 5) is 34.4. The lowest BCUT2D eigenvalue weighted by atomic mass is 10.1. The molecular formula is C23H24O7. The molecule has 0 aliphatic heterocycles. The van der Waals surface area contributed by atoms with Gasteiger partial charge in [-0.15, -0.1) is 0 Å². The van der Waals surface area contributed by atoms with Crippen molar-refractivity contribution in [2.45, 2.75) is 25.7 Å². The molecule has 0 bridgehead atoms. The average molecular weight is 412 g/mol. The highest BCUT2D eigenvalue weighted by Crippen LogP contribution is 2.20. The van der Waals surface area contributed by atoms with Crippen molar-refractivity contribution in [2.75, 3.05) is 13.2 Å². The van der Waals surface area contributed by atoms with E-state index in [4.69, 9.17) is 19.3 Å². The number of hydrogen-bond donors (Lipinski definition) is 1. The molecule has 0 fully saturated rings. The molecule has 7 nitrogen and oxygen atoms in total. The van der Waals surface area contributed by atoms with Gasteiger partial charge in [-0.1, -0.05) is 18.7 Å². The maximum Gasteiger partial charge on any atom is 0.344 e. The van der Waals surface area contributed by atoms with Crippen molar-refractivity contribution in [2.24, 2.45) is 0 Å². The Bertz CT molecular complexity index is 871. The number of carbonyl (C=O) groups is 3. The van der Waals surface area contributed by atoms with Crippen LogP contribution in [0.1, 0.15) is 46.4 Å². The van der Waals surface area contributed by atoms with Gasteiger partial charge in [0.2, 0.25) is 0 Å². The molecule has 2 aromatic rings. The van der Waals surface area contributed by atoms with Gasteiger partial charge in [0.25, 0.3) is 0 Å². The van der Waals surface area contributed by atoms with E-state index < -0.39 is 17.9 Å². The van der Waals surface area contributed by atoms with Crippen LogP contribution in [-0.4, -0.2) is 36.2 Å². The highest BCUT2D eigenvalue weighted by atomic mass is 16.5. The number of ether oxygens (including phenoxy) is 3. The quantitative estimate of drug-likeness (QED) is 0.240. The van der Waals surface area contributed by atoms with E-state index >= 15 is 0 Å². The summed E-state index contributed by atoms with van der Waals surface area (Å²) < 4.78 is 15.8. The maximum atomic E-state index is 12.2. The van der Waals surface area contributed by atoms with E-state index in [1.54, 1.807) is 36.4 Å². The van der Waals surface area contributed by atoms with Gasteiger partial charge in [0.05, 0.1) is 24.3 Å². The molecule has 0 aliphatic carbocycles. The third-order valence-corrected chi connectivity index (χ3v) is 4.13. The predicted octanol–water partition coefficient (Wildman–Crippen LogP) is 4.27. The summed E-state index contributed by atoms with van der Waals surface area (Å²) in [5.41, 5.74) is -0.120. The summed E-state index contributed by atoms with van der Waals surface area (Å²) >= 11 is 0. The zero-order valence-electron chi connectivity index (χ0n) is 16.5. The number of unbranched alkanes of at least 4 members (excludes halogenated alkanes) is 3. The topological polar surface area (TPSA) is 99.1 Å². The zero-order chi connectivity index (χ0) is 21.8. The van der Waals surface area contributed by atoms with Crippen LogP contribution in [0.3, 0.4) is 0 Å². The van der Waals surface area contributed by atoms with Gasteiger partial charge in [-0.2, -0.15) is 0 Å². The molecule has 0 saturated heterocycles. The van der Waals surface area contributed by atoms with Gasteiger partial charge in [-0.25, -0.2) is 14.4 Å². The normalized spacial score (nSPS) is 10.1. The standard InChI is InChI=1S/C23H24O7/c1-2-21(24)29-16-8-4-3-7-15-28-17-11-13-18(14-12-17)30-23(27)20-10-6-5-9-19(20)22(25)26/h2,5-6,9-14H,1,3-4,7-8,15-16H2,(H,25,26). The van der Waals surface area contributed by atoms with Crippen molar-refractivity contribution in [1.29, 1.82) is 0 Å². The summed E-state index contributed by atoms with van der Waals surface area (Å²) in [6.07, 6.45) is 4.68. The Labute approximate surface area is 174 Å². The van der Waals surface area contributed by atoms with Gasteiger partial charge in [0.15, 0.2) is 0 Å². The molecule has 158 valence electrons. The number of esters is 2. The van der Waals surface area contributed by atoms with Gasteiger partial charge < -0.3 is 19.3 Å². The van der Waals surface area contributed by atoms with Crippen LogP contribution >= 0.6 is 0 Å². The molecule has 0 heterocycles. The molecule has 0 radical (unpaired) electrons. The van der Waals surface area contributed by atoms with Crippen molar-refractivity contribution in [3.63, 3.8) is 0 Å². The number of carboxylic acids is 1. The number of hydrogen-bond acceptors (Lipinski definition) is 6. The molecule has 30 heavy (non-hydrogen) atoms. The minimum absolute atomic E-state index is 0.00964. The first-order valence-electron chi connectivity index (χ1n) is 9.58. The molecule has 0 saturated carbocycles. The van der Waals surface area contributed by atoms with Gasteiger partial charge in [-0.3, -0.25) is 0 Å². The lowest BCUT2D eigenvalue weighted by molar-refractivity contribution is -0.137. The molecule has 0 aliphatic rings. The minimum Gasteiger partial charge on any atom is -0.494 e. The number of rotatable bonds is 12. The van der Waals surface area contributed by atoms with Crippen molar-refractivity contribution >= 4 is 17.9 Å². The molecule has 0 aromatic heterocycles. The molecule has 0 amide bonds. The first-order chi connectivity index (χ1) is 14.5. The summed E-state index contributed by atoms with van der Waals surface area (Å²) in [5.74, 6) is -1.40. The first-order valence-corrected chi connectivity index (χ1v) is 9.58. The van der Waals surface area contributed by atoms with E-state index in [0.717, 1.165) is 31.8 Å². The fraction of sp³-hybridized carbons (Fsp3) is 0.261. The van der Waals surface area contributed by atoms with Crippen LogP contribution in [0.15, 0.2) is 61.2 Å². The minimum atomic E-state index is -1.19. The lowest BCUT2D eigenvalue weighted by Crippen LogP contribution is -2.13. The molecule has 0 atom stereocenters. The van der Waals surface area contributed by atoms with Crippen LogP contribution in [0.4, 0.5) is 0 Å². The molecule has 1 N–H and O–H groups in total. The van der Waals surface area contributed by atoms with Crippen molar-refractivity contribution in [3.05, 3.63) is 72.3 Å². The van der Waals surface area contributed by atoms with Crippen LogP contribution in [0.25, 0.3) is 0 Å². The van der Waals surface area contributed by atoms with Crippen molar-refractivity contribution in [3.8, 4) is 11.5 Å². The molecule has 0 unspecified atom stereocenters. The Morgan fingerprint density at radius 1 is 0.833 bits per heavy atom. The van der Waals surface area contributed by atoms with E-state index in [1.165, 1.54) is 12.1 Å². The fourth-order valence-electron chi connectivity index (χ4n) is 2.59. The number of aromatic carboxylic acids is 1. The van der Waals surface area contributed by atoms with E-state index in [-0.39, 0.29) is 11.1 Å². The largest absolute Gasteiger partial charge is 0.494 e. The van der Waals surface area contributed by atoms with E-state index in [9.17, 15) is 14.4 Å². The maximum absolute atomic E-state index is 12.2. The summed E-state index contributed by atoms with van der Waals surface area (Å²) in [5, 5.41) is 9.16. The second-order valence-electron chi connectivity index (χ2n) is 6.35. The van der Waals surface area contributed by atoms with Crippen molar-refractivity contribution < 1.29 is 33.7 Å². The van der Waals surface area contributed by atoms with Crippen molar-refractivity contribution in [1.82, 2.24) is 0 Å². The molecule has 2 rings (SSSR count). The number of carboxylic acid groups (broad SMARTS) is 1. The molecule has 2 aromatic carbocycles. The Balaban J connectivity index is 1.71. The zero-order valence-corrected chi connectivity index (χ0v) is 16.5. The van der Waals surface area contributed by atoms with Crippen LogP contribution in [0.2, 0.25) is 0 Å². The molecule has 0 spiro atoms. The average Bonchev–Trinajstić information content (AvgIpc) is 2.76. The van der Waals surface area contributed by atoms with Gasteiger partial charge in [-0.05, 0) is 62.1 Å². The molecular weight excluding hydrogens is 388 g/mol. The van der Waals surface area contributed by atoms with Crippen LogP contribution < -0.4 is 9.47 Å². The highest BCUT2D eigenvalue weighted by Gasteiger charge is 2.17.